The molecule has 0 heterocycles. The summed E-state index contributed by atoms with van der Waals surface area (Å²) in [6.07, 6.45) is 0. The molecule has 0 aliphatic heterocycles. The van der Waals surface area contributed by atoms with Crippen molar-refractivity contribution in [3.8, 4) is 0 Å². The summed E-state index contributed by atoms with van der Waals surface area (Å²) in [5.41, 5.74) is 0. The van der Waals surface area contributed by atoms with Crippen molar-refractivity contribution < 1.29 is 8.78 Å². The molecule has 0 nitrogen and oxygen atoms in total. The number of hydrogen-bond donors (Lipinski definition) is 0. The average molecular weight is 82.1 g/mol. The zero-order chi connectivity index (χ0) is 4.71. The summed E-state index contributed by atoms with van der Waals surface area (Å²) < 4.78 is 19.2. The van der Waals surface area contributed by atoms with Gasteiger partial charge >= 0.3 is 0 Å². The minimum absolute atomic E-state index is 1.75. The summed E-state index contributed by atoms with van der Waals surface area (Å²) in [5, 5.41) is 0. The van der Waals surface area contributed by atoms with Gasteiger partial charge < -0.3 is 0 Å². The van der Waals surface area contributed by atoms with Gasteiger partial charge in [-0.1, -0.05) is 13.8 Å². The smallest absolute Gasteiger partial charge is 0.214 e. The lowest BCUT2D eigenvalue weighted by molar-refractivity contribution is 0.295. The van der Waals surface area contributed by atoms with Gasteiger partial charge in [0, 0.05) is 0 Å². The summed E-state index contributed by atoms with van der Waals surface area (Å²) >= 11 is 0. The van der Waals surface area contributed by atoms with E-state index >= 15 is 0 Å². The van der Waals surface area contributed by atoms with Crippen molar-refractivity contribution in [1.82, 2.24) is 0 Å². The molecule has 0 aliphatic carbocycles. The molecule has 0 amide bonds. The fourth-order valence-electron chi connectivity index (χ4n) is 0. The Balaban J connectivity index is 0. The zero-order valence-corrected chi connectivity index (χ0v) is 3.46. The lowest BCUT2D eigenvalue weighted by atomic mass is 11.0. The quantitative estimate of drug-likeness (QED) is 0.418. The Bertz CT molecular complexity index is 4.85. The highest BCUT2D eigenvalue weighted by Crippen LogP contribution is 1.56. The first kappa shape index (κ1) is 8.85. The third-order valence-corrected chi connectivity index (χ3v) is 0. The molecule has 34 valence electrons. The molecule has 0 aromatic carbocycles. The van der Waals surface area contributed by atoms with Gasteiger partial charge in [0.2, 0.25) is 6.93 Å². The Morgan fingerprint density at radius 2 is 1.20 bits per heavy atom. The molecule has 0 unspecified atom stereocenters. The second-order valence-electron chi connectivity index (χ2n) is 0.101. The minimum atomic E-state index is -1.75. The fraction of sp³-hybridized carbons (Fsp3) is 1.00. The predicted molar refractivity (Wildman–Crippen MR) is 18.4 cm³/mol. The van der Waals surface area contributed by atoms with Crippen molar-refractivity contribution in [2.45, 2.75) is 13.8 Å². The Labute approximate surface area is 30.8 Å². The maximum Gasteiger partial charge on any atom is 0.229 e. The van der Waals surface area contributed by atoms with Crippen molar-refractivity contribution >= 4 is 0 Å². The van der Waals surface area contributed by atoms with E-state index in [9.17, 15) is 8.78 Å². The predicted octanol–water partition coefficient (Wildman–Crippen LogP) is 1.91. The molecule has 2 heteroatoms. The minimum Gasteiger partial charge on any atom is -0.214 e. The average Bonchev–Trinajstić information content (AvgIpc) is 1.46. The molecule has 0 aliphatic rings. The highest BCUT2D eigenvalue weighted by atomic mass is 19.3. The first-order valence-electron chi connectivity index (χ1n) is 1.53. The first-order chi connectivity index (χ1) is 2.41. The maximum atomic E-state index is 9.62. The topological polar surface area (TPSA) is 0 Å². The molecule has 0 radical (unpaired) electrons. The van der Waals surface area contributed by atoms with Crippen LogP contribution in [0.3, 0.4) is 0 Å². The second-order valence-corrected chi connectivity index (χ2v) is 0.101. The van der Waals surface area contributed by atoms with Gasteiger partial charge in [0.15, 0.2) is 0 Å². The Morgan fingerprint density at radius 3 is 1.20 bits per heavy atom. The molecule has 0 saturated carbocycles. The number of halogens is 2. The van der Waals surface area contributed by atoms with Crippen LogP contribution in [0.15, 0.2) is 0 Å². The van der Waals surface area contributed by atoms with Gasteiger partial charge in [0.05, 0.1) is 0 Å². The van der Waals surface area contributed by atoms with Gasteiger partial charge in [-0.3, -0.25) is 0 Å². The van der Waals surface area contributed by atoms with Crippen LogP contribution in [-0.2, 0) is 0 Å². The van der Waals surface area contributed by atoms with Crippen LogP contribution < -0.4 is 0 Å². The van der Waals surface area contributed by atoms with E-state index < -0.39 is 6.93 Å². The Morgan fingerprint density at radius 1 is 1.20 bits per heavy atom. The van der Waals surface area contributed by atoms with Crippen LogP contribution in [0, 0.1) is 0 Å². The normalized spacial score (nSPS) is 4.80. The number of hydrogen-bond acceptors (Lipinski definition) is 0. The van der Waals surface area contributed by atoms with Crippen molar-refractivity contribution in [2.24, 2.45) is 0 Å². The lowest BCUT2D eigenvalue weighted by Gasteiger charge is -1.42. The van der Waals surface area contributed by atoms with E-state index in [2.05, 4.69) is 0 Å². The molecule has 0 spiro atoms. The maximum absolute atomic E-state index is 9.62. The van der Waals surface area contributed by atoms with Crippen molar-refractivity contribution in [3.05, 3.63) is 0 Å². The van der Waals surface area contributed by atoms with Gasteiger partial charge in [-0.2, -0.15) is 0 Å². The standard InChI is InChI=1S/C2H6.CH2F2/c1-2;2-1-3/h1-2H3;1H2. The number of alkyl halides is 2. The monoisotopic (exact) mass is 82.1 g/mol. The first-order valence-corrected chi connectivity index (χ1v) is 1.53. The van der Waals surface area contributed by atoms with E-state index in [0.29, 0.717) is 0 Å². The summed E-state index contributed by atoms with van der Waals surface area (Å²) in [6, 6.07) is 0. The van der Waals surface area contributed by atoms with Gasteiger partial charge in [-0.15, -0.1) is 0 Å². The van der Waals surface area contributed by atoms with Crippen LogP contribution in [-0.4, -0.2) is 6.93 Å². The SMILES string of the molecule is CC.FCF. The van der Waals surface area contributed by atoms with Crippen LogP contribution in [0.4, 0.5) is 8.78 Å². The summed E-state index contributed by atoms with van der Waals surface area (Å²) in [5.74, 6) is 0. The van der Waals surface area contributed by atoms with E-state index in [4.69, 9.17) is 0 Å². The van der Waals surface area contributed by atoms with Crippen LogP contribution in [0.5, 0.6) is 0 Å². The largest absolute Gasteiger partial charge is 0.229 e. The van der Waals surface area contributed by atoms with E-state index in [-0.39, 0.29) is 0 Å². The molecule has 0 bridgehead atoms. The molecule has 0 fully saturated rings. The van der Waals surface area contributed by atoms with Crippen LogP contribution in [0.25, 0.3) is 0 Å². The van der Waals surface area contributed by atoms with E-state index in [0.717, 1.165) is 0 Å². The zero-order valence-electron chi connectivity index (χ0n) is 3.46. The van der Waals surface area contributed by atoms with Crippen molar-refractivity contribution in [2.75, 3.05) is 6.93 Å². The molecule has 0 N–H and O–H groups in total. The Hall–Kier alpha value is -0.140. The third-order valence-electron chi connectivity index (χ3n) is 0. The van der Waals surface area contributed by atoms with Gasteiger partial charge in [-0.05, 0) is 0 Å². The molecule has 0 rings (SSSR count). The molecular weight excluding hydrogens is 74.0 g/mol. The molecule has 0 atom stereocenters. The van der Waals surface area contributed by atoms with Gasteiger partial charge in [0.25, 0.3) is 0 Å². The highest BCUT2D eigenvalue weighted by Gasteiger charge is 1.44. The summed E-state index contributed by atoms with van der Waals surface area (Å²) in [4.78, 5) is 0. The van der Waals surface area contributed by atoms with Crippen LogP contribution in [0.2, 0.25) is 0 Å². The summed E-state index contributed by atoms with van der Waals surface area (Å²) in [6.45, 7) is 2.25. The Kier molecular flexibility index (Phi) is 75.6. The van der Waals surface area contributed by atoms with Crippen molar-refractivity contribution in [1.29, 1.82) is 0 Å². The molecule has 5 heavy (non-hydrogen) atoms. The van der Waals surface area contributed by atoms with Crippen molar-refractivity contribution in [3.63, 3.8) is 0 Å². The van der Waals surface area contributed by atoms with Crippen LogP contribution >= 0.6 is 0 Å². The lowest BCUT2D eigenvalue weighted by Crippen LogP contribution is -1.34. The molecule has 0 aromatic heterocycles. The number of rotatable bonds is 0. The second kappa shape index (κ2) is 42.7. The fourth-order valence-corrected chi connectivity index (χ4v) is 0. The van der Waals surface area contributed by atoms with Gasteiger partial charge in [-0.25, -0.2) is 8.78 Å². The van der Waals surface area contributed by atoms with E-state index in [1.165, 1.54) is 0 Å². The molecule has 0 aromatic rings. The molecule has 0 saturated heterocycles. The third kappa shape index (κ3) is 681. The molecular formula is C3H8F2. The van der Waals surface area contributed by atoms with E-state index in [1.54, 1.807) is 0 Å². The van der Waals surface area contributed by atoms with Gasteiger partial charge in [0.1, 0.15) is 0 Å². The van der Waals surface area contributed by atoms with E-state index in [1.807, 2.05) is 13.8 Å². The van der Waals surface area contributed by atoms with Crippen LogP contribution in [0.1, 0.15) is 13.8 Å². The highest BCUT2D eigenvalue weighted by molar-refractivity contribution is 3.57. The summed E-state index contributed by atoms with van der Waals surface area (Å²) in [7, 11) is 0.